The lowest BCUT2D eigenvalue weighted by Gasteiger charge is -2.37. The summed E-state index contributed by atoms with van der Waals surface area (Å²) in [7, 11) is 5.23. The largest absolute Gasteiger partial charge is 0.496 e. The van der Waals surface area contributed by atoms with E-state index < -0.39 is 0 Å². The van der Waals surface area contributed by atoms with Crippen molar-refractivity contribution in [1.82, 2.24) is 24.7 Å². The summed E-state index contributed by atoms with van der Waals surface area (Å²) in [5.74, 6) is 2.05. The fraction of sp³-hybridized carbons (Fsp3) is 0.393. The Bertz CT molecular complexity index is 1460. The number of hydrogen-bond donors (Lipinski definition) is 1. The first-order chi connectivity index (χ1) is 19.1. The molecule has 220 valence electrons. The fourth-order valence-corrected chi connectivity index (χ4v) is 5.64. The van der Waals surface area contributed by atoms with Gasteiger partial charge in [0.1, 0.15) is 17.1 Å². The minimum absolute atomic E-state index is 0. The van der Waals surface area contributed by atoms with Crippen LogP contribution in [0.15, 0.2) is 49.1 Å². The summed E-state index contributed by atoms with van der Waals surface area (Å²) in [6.07, 6.45) is 9.08. The van der Waals surface area contributed by atoms with Gasteiger partial charge in [-0.1, -0.05) is 11.6 Å². The van der Waals surface area contributed by atoms with E-state index >= 15 is 0 Å². The average molecular weight is 622 g/mol. The molecule has 0 amide bonds. The molecule has 0 saturated carbocycles. The van der Waals surface area contributed by atoms with Crippen LogP contribution < -0.4 is 29.5 Å². The van der Waals surface area contributed by atoms with Crippen LogP contribution in [-0.4, -0.2) is 85.9 Å². The zero-order valence-electron chi connectivity index (χ0n) is 23.3. The SMILES string of the molecule is CNC1CCN(c2ncc(N3CCN(c4ccn5cc(-c6cc(Cl)c(OC)cc6OC)nc5c4)CC3)cn2)C1.Cl.Cl. The Labute approximate surface area is 257 Å². The summed E-state index contributed by atoms with van der Waals surface area (Å²) in [5.41, 5.74) is 4.70. The summed E-state index contributed by atoms with van der Waals surface area (Å²) in [4.78, 5) is 21.2. The van der Waals surface area contributed by atoms with Gasteiger partial charge in [-0.2, -0.15) is 0 Å². The average Bonchev–Trinajstić information content (AvgIpc) is 3.64. The summed E-state index contributed by atoms with van der Waals surface area (Å²) in [5, 5.41) is 3.86. The predicted octanol–water partition coefficient (Wildman–Crippen LogP) is 4.43. The van der Waals surface area contributed by atoms with Crippen molar-refractivity contribution in [3.8, 4) is 22.8 Å². The zero-order chi connectivity index (χ0) is 26.9. The molecule has 2 aliphatic heterocycles. The van der Waals surface area contributed by atoms with Gasteiger partial charge in [-0.3, -0.25) is 0 Å². The van der Waals surface area contributed by atoms with Gasteiger partial charge in [-0.25, -0.2) is 15.0 Å². The fourth-order valence-electron chi connectivity index (χ4n) is 5.40. The van der Waals surface area contributed by atoms with Crippen LogP contribution in [-0.2, 0) is 0 Å². The second-order valence-electron chi connectivity index (χ2n) is 9.90. The molecule has 41 heavy (non-hydrogen) atoms. The third-order valence-electron chi connectivity index (χ3n) is 7.71. The minimum atomic E-state index is 0. The number of ether oxygens (including phenoxy) is 2. The minimum Gasteiger partial charge on any atom is -0.496 e. The second kappa shape index (κ2) is 13.2. The van der Waals surface area contributed by atoms with E-state index in [9.17, 15) is 0 Å². The van der Waals surface area contributed by atoms with Crippen molar-refractivity contribution in [1.29, 1.82) is 0 Å². The molecule has 3 aromatic heterocycles. The van der Waals surface area contributed by atoms with Crippen LogP contribution >= 0.6 is 36.4 Å². The van der Waals surface area contributed by atoms with Crippen molar-refractivity contribution in [3.05, 3.63) is 54.1 Å². The molecule has 0 radical (unpaired) electrons. The third kappa shape index (κ3) is 6.21. The Morgan fingerprint density at radius 1 is 0.878 bits per heavy atom. The summed E-state index contributed by atoms with van der Waals surface area (Å²) in [6.45, 7) is 5.57. The molecule has 5 heterocycles. The number of halogens is 3. The molecule has 2 aliphatic rings. The van der Waals surface area contributed by atoms with Crippen molar-refractivity contribution in [3.63, 3.8) is 0 Å². The van der Waals surface area contributed by atoms with Crippen LogP contribution in [0.4, 0.5) is 17.3 Å². The number of methoxy groups -OCH3 is 2. The van der Waals surface area contributed by atoms with Gasteiger partial charge in [0.15, 0.2) is 0 Å². The van der Waals surface area contributed by atoms with E-state index in [4.69, 9.17) is 26.1 Å². The summed E-state index contributed by atoms with van der Waals surface area (Å²) >= 11 is 6.40. The second-order valence-corrected chi connectivity index (χ2v) is 10.3. The van der Waals surface area contributed by atoms with Gasteiger partial charge in [0.2, 0.25) is 5.95 Å². The van der Waals surface area contributed by atoms with Crippen LogP contribution in [0.1, 0.15) is 6.42 Å². The normalized spacial score (nSPS) is 16.9. The molecule has 2 fully saturated rings. The molecule has 0 bridgehead atoms. The Hall–Kier alpha value is -3.18. The number of rotatable bonds is 7. The number of piperazine rings is 1. The summed E-state index contributed by atoms with van der Waals surface area (Å²) < 4.78 is 12.9. The predicted molar refractivity (Wildman–Crippen MR) is 169 cm³/mol. The number of hydrogen-bond acceptors (Lipinski definition) is 9. The van der Waals surface area contributed by atoms with Gasteiger partial charge in [0.05, 0.1) is 43.0 Å². The van der Waals surface area contributed by atoms with Gasteiger partial charge >= 0.3 is 0 Å². The first kappa shape index (κ1) is 30.8. The van der Waals surface area contributed by atoms with Crippen LogP contribution in [0.5, 0.6) is 11.5 Å². The van der Waals surface area contributed by atoms with Crippen molar-refractivity contribution in [2.24, 2.45) is 0 Å². The maximum atomic E-state index is 6.40. The lowest BCUT2D eigenvalue weighted by Crippen LogP contribution is -2.46. The van der Waals surface area contributed by atoms with E-state index in [2.05, 4.69) is 48.3 Å². The highest BCUT2D eigenvalue weighted by Crippen LogP contribution is 2.38. The van der Waals surface area contributed by atoms with Crippen molar-refractivity contribution < 1.29 is 9.47 Å². The number of anilines is 3. The monoisotopic (exact) mass is 620 g/mol. The Kier molecular flexibility index (Phi) is 9.91. The number of imidazole rings is 1. The molecular formula is C28H35Cl3N8O2. The molecule has 6 rings (SSSR count). The molecule has 1 N–H and O–H groups in total. The van der Waals surface area contributed by atoms with E-state index in [1.807, 2.05) is 36.1 Å². The lowest BCUT2D eigenvalue weighted by molar-refractivity contribution is 0.395. The van der Waals surface area contributed by atoms with E-state index in [0.29, 0.717) is 22.6 Å². The van der Waals surface area contributed by atoms with Gasteiger partial charge in [0, 0.05) is 81.1 Å². The maximum Gasteiger partial charge on any atom is 0.225 e. The number of benzene rings is 1. The Morgan fingerprint density at radius 2 is 1.56 bits per heavy atom. The van der Waals surface area contributed by atoms with Gasteiger partial charge in [-0.15, -0.1) is 24.8 Å². The van der Waals surface area contributed by atoms with Gasteiger partial charge in [0.25, 0.3) is 0 Å². The Morgan fingerprint density at radius 3 is 2.20 bits per heavy atom. The van der Waals surface area contributed by atoms with Crippen molar-refractivity contribution in [2.45, 2.75) is 12.5 Å². The van der Waals surface area contributed by atoms with E-state index in [-0.39, 0.29) is 24.8 Å². The molecular weight excluding hydrogens is 587 g/mol. The smallest absolute Gasteiger partial charge is 0.225 e. The Balaban J connectivity index is 0.00000194. The first-order valence-corrected chi connectivity index (χ1v) is 13.6. The third-order valence-corrected chi connectivity index (χ3v) is 8.00. The van der Waals surface area contributed by atoms with Crippen molar-refractivity contribution in [2.75, 3.05) is 75.2 Å². The van der Waals surface area contributed by atoms with Crippen LogP contribution in [0.2, 0.25) is 5.02 Å². The summed E-state index contributed by atoms with van der Waals surface area (Å²) in [6, 6.07) is 8.40. The van der Waals surface area contributed by atoms with Gasteiger partial charge in [-0.05, 0) is 25.6 Å². The maximum absolute atomic E-state index is 6.40. The van der Waals surface area contributed by atoms with Crippen LogP contribution in [0.3, 0.4) is 0 Å². The zero-order valence-corrected chi connectivity index (χ0v) is 25.7. The number of fused-ring (bicyclic) bond motifs is 1. The molecule has 1 unspecified atom stereocenters. The topological polar surface area (TPSA) is 83.3 Å². The van der Waals surface area contributed by atoms with Crippen LogP contribution in [0.25, 0.3) is 16.9 Å². The van der Waals surface area contributed by atoms with E-state index in [0.717, 1.165) is 79.9 Å². The highest BCUT2D eigenvalue weighted by Gasteiger charge is 2.24. The molecule has 0 aliphatic carbocycles. The number of nitrogens with one attached hydrogen (secondary N) is 1. The molecule has 1 atom stereocenters. The molecule has 13 heteroatoms. The van der Waals surface area contributed by atoms with Crippen molar-refractivity contribution >= 4 is 59.4 Å². The number of nitrogens with zero attached hydrogens (tertiary/aromatic N) is 7. The number of likely N-dealkylation sites (N-methyl/N-ethyl adjacent to an activating group) is 1. The quantitative estimate of drug-likeness (QED) is 0.322. The van der Waals surface area contributed by atoms with Gasteiger partial charge < -0.3 is 33.9 Å². The highest BCUT2D eigenvalue weighted by atomic mass is 35.5. The lowest BCUT2D eigenvalue weighted by atomic mass is 10.1. The first-order valence-electron chi connectivity index (χ1n) is 13.2. The highest BCUT2D eigenvalue weighted by molar-refractivity contribution is 6.32. The van der Waals surface area contributed by atoms with E-state index in [1.54, 1.807) is 20.3 Å². The number of pyridine rings is 1. The van der Waals surface area contributed by atoms with E-state index in [1.165, 1.54) is 0 Å². The standard InChI is InChI=1S/C28H33ClN8O2.2ClH/c1-30-19-4-6-37(17-19)28-31-15-21(16-32-28)35-10-8-34(9-11-35)20-5-7-36-18-24(33-27(36)12-20)22-13-23(29)26(39-3)14-25(22)38-2;;/h5,7,12-16,18-19,30H,4,6,8-11,17H2,1-3H3;2*1H. The molecule has 10 nitrogen and oxygen atoms in total. The molecule has 2 saturated heterocycles. The molecule has 1 aromatic carbocycles. The molecule has 4 aromatic rings. The van der Waals surface area contributed by atoms with Crippen LogP contribution in [0, 0.1) is 0 Å². The number of aromatic nitrogens is 4. The molecule has 0 spiro atoms.